The molecule has 0 atom stereocenters. The van der Waals surface area contributed by atoms with E-state index >= 15 is 0 Å². The van der Waals surface area contributed by atoms with Gasteiger partial charge in [-0.15, -0.1) is 4.40 Å². The van der Waals surface area contributed by atoms with E-state index in [1.165, 1.54) is 19.4 Å². The first kappa shape index (κ1) is 21.6. The molecular formula is C22H23N5O4S. The van der Waals surface area contributed by atoms with Gasteiger partial charge in [0, 0.05) is 7.05 Å². The second-order valence-electron chi connectivity index (χ2n) is 7.51. The standard InChI is InChI=1S/C22H23N5O4S/c1-14-8-5-6-9-17(14)13-27-16(3)21(15(2)24-27)23-22(28)19-12-18(20-10-7-11-31-20)25-32(29,30)26(19)4/h5-12H,13H2,1-4H3,(H,23,28). The van der Waals surface area contributed by atoms with Crippen LogP contribution in [0.3, 0.4) is 0 Å². The molecule has 3 heterocycles. The molecule has 1 aliphatic rings. The molecule has 1 N–H and O–H groups in total. The summed E-state index contributed by atoms with van der Waals surface area (Å²) in [6.45, 7) is 6.25. The zero-order valence-corrected chi connectivity index (χ0v) is 19.0. The Balaban J connectivity index is 1.63. The summed E-state index contributed by atoms with van der Waals surface area (Å²) in [4.78, 5) is 13.1. The Bertz CT molecular complexity index is 1350. The third kappa shape index (κ3) is 3.96. The molecule has 0 fully saturated rings. The molecule has 1 aliphatic heterocycles. The van der Waals surface area contributed by atoms with Crippen LogP contribution >= 0.6 is 0 Å². The van der Waals surface area contributed by atoms with Crippen molar-refractivity contribution >= 4 is 27.5 Å². The Labute approximate surface area is 186 Å². The summed E-state index contributed by atoms with van der Waals surface area (Å²) in [5.74, 6) is -0.331. The van der Waals surface area contributed by atoms with Gasteiger partial charge in [-0.2, -0.15) is 13.5 Å². The number of nitrogens with zero attached hydrogens (tertiary/aromatic N) is 4. The van der Waals surface area contributed by atoms with Gasteiger partial charge in [0.05, 0.1) is 29.9 Å². The Morgan fingerprint density at radius 2 is 1.88 bits per heavy atom. The van der Waals surface area contributed by atoms with E-state index in [-0.39, 0.29) is 17.2 Å². The average Bonchev–Trinajstić information content (AvgIpc) is 3.36. The van der Waals surface area contributed by atoms with E-state index in [9.17, 15) is 13.2 Å². The highest BCUT2D eigenvalue weighted by Gasteiger charge is 2.31. The largest absolute Gasteiger partial charge is 0.463 e. The van der Waals surface area contributed by atoms with Crippen LogP contribution in [0.4, 0.5) is 5.69 Å². The molecule has 10 heteroatoms. The Morgan fingerprint density at radius 3 is 2.56 bits per heavy atom. The van der Waals surface area contributed by atoms with Crippen molar-refractivity contribution < 1.29 is 17.6 Å². The van der Waals surface area contributed by atoms with Crippen LogP contribution in [0.5, 0.6) is 0 Å². The summed E-state index contributed by atoms with van der Waals surface area (Å²) >= 11 is 0. The number of nitrogens with one attached hydrogen (secondary N) is 1. The first-order valence-electron chi connectivity index (χ1n) is 9.91. The number of amides is 1. The van der Waals surface area contributed by atoms with Gasteiger partial charge in [-0.05, 0) is 50.1 Å². The lowest BCUT2D eigenvalue weighted by Crippen LogP contribution is -2.35. The number of likely N-dealkylation sites (N-methyl/N-ethyl adjacent to an activating group) is 1. The quantitative estimate of drug-likeness (QED) is 0.639. The molecule has 0 bridgehead atoms. The van der Waals surface area contributed by atoms with E-state index in [2.05, 4.69) is 14.8 Å². The number of anilines is 1. The van der Waals surface area contributed by atoms with E-state index < -0.39 is 16.1 Å². The van der Waals surface area contributed by atoms with Gasteiger partial charge in [-0.25, -0.2) is 4.31 Å². The molecule has 32 heavy (non-hydrogen) atoms. The number of carbonyl (C=O) groups excluding carboxylic acids is 1. The molecule has 0 unspecified atom stereocenters. The predicted octanol–water partition coefficient (Wildman–Crippen LogP) is 2.95. The molecule has 0 spiro atoms. The van der Waals surface area contributed by atoms with E-state index in [1.807, 2.05) is 42.8 Å². The van der Waals surface area contributed by atoms with Crippen molar-refractivity contribution in [1.82, 2.24) is 14.1 Å². The third-order valence-electron chi connectivity index (χ3n) is 5.38. The van der Waals surface area contributed by atoms with Crippen LogP contribution in [-0.2, 0) is 21.5 Å². The smallest absolute Gasteiger partial charge is 0.345 e. The number of aryl methyl sites for hydroxylation is 2. The van der Waals surface area contributed by atoms with E-state index in [0.717, 1.165) is 21.1 Å². The molecule has 1 amide bonds. The van der Waals surface area contributed by atoms with Gasteiger partial charge in [-0.3, -0.25) is 9.48 Å². The van der Waals surface area contributed by atoms with Crippen molar-refractivity contribution in [2.75, 3.05) is 12.4 Å². The lowest BCUT2D eigenvalue weighted by Gasteiger charge is -2.23. The number of hydrogen-bond acceptors (Lipinski definition) is 5. The number of rotatable bonds is 5. The Hall–Kier alpha value is -3.66. The summed E-state index contributed by atoms with van der Waals surface area (Å²) in [6, 6.07) is 11.2. The van der Waals surface area contributed by atoms with Crippen LogP contribution in [0, 0.1) is 20.8 Å². The van der Waals surface area contributed by atoms with Gasteiger partial charge < -0.3 is 9.73 Å². The monoisotopic (exact) mass is 453 g/mol. The van der Waals surface area contributed by atoms with Gasteiger partial charge in [0.2, 0.25) is 0 Å². The van der Waals surface area contributed by atoms with Crippen molar-refractivity contribution in [2.24, 2.45) is 4.40 Å². The number of allylic oxidation sites excluding steroid dienone is 1. The molecule has 1 aromatic carbocycles. The fraction of sp³-hybridized carbons (Fsp3) is 0.227. The number of aromatic nitrogens is 2. The average molecular weight is 454 g/mol. The number of benzene rings is 1. The van der Waals surface area contributed by atoms with Crippen LogP contribution in [0.15, 0.2) is 63.2 Å². The van der Waals surface area contributed by atoms with Crippen LogP contribution in [0.1, 0.15) is 28.3 Å². The SMILES string of the molecule is Cc1ccccc1Cn1nc(C)c(NC(=O)C2=CC(c3ccco3)=NS(=O)(=O)N2C)c1C. The minimum absolute atomic E-state index is 0.0574. The predicted molar refractivity (Wildman–Crippen MR) is 121 cm³/mol. The van der Waals surface area contributed by atoms with Gasteiger partial charge in [0.1, 0.15) is 11.4 Å². The molecule has 9 nitrogen and oxygen atoms in total. The maximum absolute atomic E-state index is 13.1. The van der Waals surface area contributed by atoms with Gasteiger partial charge in [-0.1, -0.05) is 24.3 Å². The summed E-state index contributed by atoms with van der Waals surface area (Å²) in [5.41, 5.74) is 4.19. The molecule has 4 rings (SSSR count). The summed E-state index contributed by atoms with van der Waals surface area (Å²) in [7, 11) is -2.79. The van der Waals surface area contributed by atoms with E-state index in [4.69, 9.17) is 4.42 Å². The molecule has 3 aromatic rings. The highest BCUT2D eigenvalue weighted by molar-refractivity contribution is 7.88. The number of carbonyl (C=O) groups is 1. The van der Waals surface area contributed by atoms with Crippen molar-refractivity contribution in [1.29, 1.82) is 0 Å². The number of furan rings is 1. The number of hydrogen-bond donors (Lipinski definition) is 1. The minimum atomic E-state index is -4.07. The van der Waals surface area contributed by atoms with Crippen LogP contribution < -0.4 is 5.32 Å². The maximum atomic E-state index is 13.1. The van der Waals surface area contributed by atoms with E-state index in [0.29, 0.717) is 17.9 Å². The highest BCUT2D eigenvalue weighted by Crippen LogP contribution is 2.25. The molecule has 0 saturated heterocycles. The normalized spacial score (nSPS) is 15.3. The Morgan fingerprint density at radius 1 is 1.12 bits per heavy atom. The minimum Gasteiger partial charge on any atom is -0.463 e. The zero-order chi connectivity index (χ0) is 23.0. The maximum Gasteiger partial charge on any atom is 0.345 e. The second-order valence-corrected chi connectivity index (χ2v) is 9.14. The van der Waals surface area contributed by atoms with Gasteiger partial charge in [0.15, 0.2) is 5.76 Å². The second kappa shape index (κ2) is 8.12. The van der Waals surface area contributed by atoms with Crippen LogP contribution in [-0.4, -0.2) is 41.2 Å². The summed E-state index contributed by atoms with van der Waals surface area (Å²) < 4.78 is 36.6. The summed E-state index contributed by atoms with van der Waals surface area (Å²) in [5, 5.41) is 7.38. The van der Waals surface area contributed by atoms with Crippen molar-refractivity contribution in [3.05, 3.63) is 82.7 Å². The van der Waals surface area contributed by atoms with Crippen LogP contribution in [0.2, 0.25) is 0 Å². The lowest BCUT2D eigenvalue weighted by molar-refractivity contribution is -0.113. The fourth-order valence-electron chi connectivity index (χ4n) is 3.46. The van der Waals surface area contributed by atoms with E-state index in [1.54, 1.807) is 19.1 Å². The third-order valence-corrected chi connectivity index (χ3v) is 6.70. The zero-order valence-electron chi connectivity index (χ0n) is 18.2. The Kier molecular flexibility index (Phi) is 5.47. The molecule has 0 radical (unpaired) electrons. The lowest BCUT2D eigenvalue weighted by atomic mass is 10.1. The first-order valence-corrected chi connectivity index (χ1v) is 11.3. The fourth-order valence-corrected chi connectivity index (χ4v) is 4.36. The van der Waals surface area contributed by atoms with Crippen molar-refractivity contribution in [3.8, 4) is 0 Å². The van der Waals surface area contributed by atoms with Crippen molar-refractivity contribution in [3.63, 3.8) is 0 Å². The summed E-state index contributed by atoms with van der Waals surface area (Å²) in [6.07, 6.45) is 2.80. The molecule has 0 saturated carbocycles. The molecular weight excluding hydrogens is 430 g/mol. The van der Waals surface area contributed by atoms with Crippen molar-refractivity contribution in [2.45, 2.75) is 27.3 Å². The van der Waals surface area contributed by atoms with Gasteiger partial charge in [0.25, 0.3) is 5.91 Å². The molecule has 2 aromatic heterocycles. The highest BCUT2D eigenvalue weighted by atomic mass is 32.2. The molecule has 0 aliphatic carbocycles. The molecule has 166 valence electrons. The van der Waals surface area contributed by atoms with Gasteiger partial charge >= 0.3 is 10.2 Å². The van der Waals surface area contributed by atoms with Crippen LogP contribution in [0.25, 0.3) is 0 Å². The topological polar surface area (TPSA) is 110 Å². The first-order chi connectivity index (χ1) is 15.2.